The van der Waals surface area contributed by atoms with Crippen molar-refractivity contribution in [3.05, 3.63) is 58.7 Å². The van der Waals surface area contributed by atoms with Crippen LogP contribution >= 0.6 is 0 Å². The first-order valence-corrected chi connectivity index (χ1v) is 7.14. The third-order valence-corrected chi connectivity index (χ3v) is 3.61. The summed E-state index contributed by atoms with van der Waals surface area (Å²) in [7, 11) is 0. The first-order chi connectivity index (χ1) is 9.95. The maximum Gasteiger partial charge on any atom is 0.243 e. The number of carbonyl (C=O) groups is 1. The van der Waals surface area contributed by atoms with E-state index in [0.717, 1.165) is 16.9 Å². The molecule has 0 aliphatic heterocycles. The fourth-order valence-electron chi connectivity index (χ4n) is 2.21. The standard InChI is InChI=1S/C18H22N2O/c1-12-5-8-17(15(4)9-12)19-11-18(21)20-16-7-6-13(2)14(3)10-16/h5-10,19H,11H2,1-4H3,(H,20,21). The molecule has 0 radical (unpaired) electrons. The zero-order valence-electron chi connectivity index (χ0n) is 13.1. The fraction of sp³-hybridized carbons (Fsp3) is 0.278. The van der Waals surface area contributed by atoms with Crippen LogP contribution in [0.4, 0.5) is 11.4 Å². The topological polar surface area (TPSA) is 41.1 Å². The molecule has 0 aromatic heterocycles. The van der Waals surface area contributed by atoms with E-state index in [9.17, 15) is 4.79 Å². The molecule has 0 heterocycles. The van der Waals surface area contributed by atoms with Crippen LogP contribution in [0.25, 0.3) is 0 Å². The first-order valence-electron chi connectivity index (χ1n) is 7.14. The lowest BCUT2D eigenvalue weighted by Crippen LogP contribution is -2.22. The molecule has 110 valence electrons. The predicted molar refractivity (Wildman–Crippen MR) is 89.0 cm³/mol. The van der Waals surface area contributed by atoms with Crippen molar-refractivity contribution in [3.8, 4) is 0 Å². The van der Waals surface area contributed by atoms with E-state index < -0.39 is 0 Å². The van der Waals surface area contributed by atoms with Gasteiger partial charge in [0.15, 0.2) is 0 Å². The average molecular weight is 282 g/mol. The number of nitrogens with one attached hydrogen (secondary N) is 2. The summed E-state index contributed by atoms with van der Waals surface area (Å²) in [5, 5.41) is 6.08. The van der Waals surface area contributed by atoms with Crippen LogP contribution in [0.1, 0.15) is 22.3 Å². The van der Waals surface area contributed by atoms with E-state index >= 15 is 0 Å². The van der Waals surface area contributed by atoms with Crippen molar-refractivity contribution in [1.29, 1.82) is 0 Å². The van der Waals surface area contributed by atoms with Gasteiger partial charge in [-0.25, -0.2) is 0 Å². The molecule has 0 unspecified atom stereocenters. The zero-order chi connectivity index (χ0) is 15.4. The van der Waals surface area contributed by atoms with Crippen LogP contribution < -0.4 is 10.6 Å². The minimum absolute atomic E-state index is 0.0433. The number of carbonyl (C=O) groups excluding carboxylic acids is 1. The lowest BCUT2D eigenvalue weighted by atomic mass is 10.1. The monoisotopic (exact) mass is 282 g/mol. The Balaban J connectivity index is 1.94. The van der Waals surface area contributed by atoms with Crippen LogP contribution in [0.3, 0.4) is 0 Å². The van der Waals surface area contributed by atoms with Gasteiger partial charge >= 0.3 is 0 Å². The van der Waals surface area contributed by atoms with E-state index in [1.807, 2.05) is 44.2 Å². The second kappa shape index (κ2) is 6.44. The normalized spacial score (nSPS) is 10.3. The van der Waals surface area contributed by atoms with Gasteiger partial charge in [0, 0.05) is 11.4 Å². The highest BCUT2D eigenvalue weighted by molar-refractivity contribution is 5.93. The quantitative estimate of drug-likeness (QED) is 0.891. The maximum atomic E-state index is 12.0. The van der Waals surface area contributed by atoms with Gasteiger partial charge in [-0.05, 0) is 62.6 Å². The number of benzene rings is 2. The molecule has 3 heteroatoms. The Kier molecular flexibility index (Phi) is 4.63. The molecule has 0 spiro atoms. The van der Waals surface area contributed by atoms with Crippen LogP contribution in [0.5, 0.6) is 0 Å². The number of hydrogen-bond donors (Lipinski definition) is 2. The highest BCUT2D eigenvalue weighted by atomic mass is 16.1. The zero-order valence-corrected chi connectivity index (χ0v) is 13.1. The number of amides is 1. The van der Waals surface area contributed by atoms with E-state index in [-0.39, 0.29) is 12.5 Å². The van der Waals surface area contributed by atoms with Gasteiger partial charge in [0.05, 0.1) is 6.54 Å². The van der Waals surface area contributed by atoms with Gasteiger partial charge in [0.2, 0.25) is 5.91 Å². The largest absolute Gasteiger partial charge is 0.376 e. The first kappa shape index (κ1) is 15.1. The van der Waals surface area contributed by atoms with Crippen molar-refractivity contribution in [1.82, 2.24) is 0 Å². The molecule has 0 atom stereocenters. The van der Waals surface area contributed by atoms with Gasteiger partial charge in [0.1, 0.15) is 0 Å². The highest BCUT2D eigenvalue weighted by Crippen LogP contribution is 2.16. The second-order valence-corrected chi connectivity index (χ2v) is 5.52. The van der Waals surface area contributed by atoms with Crippen molar-refractivity contribution in [2.75, 3.05) is 17.2 Å². The van der Waals surface area contributed by atoms with Crippen LogP contribution in [0, 0.1) is 27.7 Å². The average Bonchev–Trinajstić information content (AvgIpc) is 2.42. The molecule has 2 aromatic carbocycles. The van der Waals surface area contributed by atoms with Gasteiger partial charge in [-0.15, -0.1) is 0 Å². The molecule has 0 saturated heterocycles. The predicted octanol–water partition coefficient (Wildman–Crippen LogP) is 3.97. The van der Waals surface area contributed by atoms with Crippen molar-refractivity contribution < 1.29 is 4.79 Å². The molecule has 0 saturated carbocycles. The molecular weight excluding hydrogens is 260 g/mol. The van der Waals surface area contributed by atoms with Crippen LogP contribution in [0.2, 0.25) is 0 Å². The van der Waals surface area contributed by atoms with E-state index in [4.69, 9.17) is 0 Å². The Bertz CT molecular complexity index is 662. The Morgan fingerprint density at radius 3 is 2.33 bits per heavy atom. The molecule has 2 aromatic rings. The molecule has 0 fully saturated rings. The molecule has 3 nitrogen and oxygen atoms in total. The summed E-state index contributed by atoms with van der Waals surface area (Å²) in [6, 6.07) is 12.1. The number of anilines is 2. The van der Waals surface area contributed by atoms with Gasteiger partial charge in [-0.1, -0.05) is 23.8 Å². The number of rotatable bonds is 4. The number of hydrogen-bond acceptors (Lipinski definition) is 2. The Morgan fingerprint density at radius 1 is 0.905 bits per heavy atom. The molecule has 2 N–H and O–H groups in total. The second-order valence-electron chi connectivity index (χ2n) is 5.52. The minimum atomic E-state index is -0.0433. The van der Waals surface area contributed by atoms with Gasteiger partial charge in [0.25, 0.3) is 0 Å². The fourth-order valence-corrected chi connectivity index (χ4v) is 2.21. The minimum Gasteiger partial charge on any atom is -0.376 e. The summed E-state index contributed by atoms with van der Waals surface area (Å²) in [4.78, 5) is 12.0. The lowest BCUT2D eigenvalue weighted by molar-refractivity contribution is -0.114. The summed E-state index contributed by atoms with van der Waals surface area (Å²) >= 11 is 0. The summed E-state index contributed by atoms with van der Waals surface area (Å²) in [5.74, 6) is -0.0433. The van der Waals surface area contributed by atoms with Gasteiger partial charge in [-0.2, -0.15) is 0 Å². The summed E-state index contributed by atoms with van der Waals surface area (Å²) in [5.41, 5.74) is 6.60. The number of aryl methyl sites for hydroxylation is 4. The van der Waals surface area contributed by atoms with Crippen molar-refractivity contribution in [3.63, 3.8) is 0 Å². The Hall–Kier alpha value is -2.29. The lowest BCUT2D eigenvalue weighted by Gasteiger charge is -2.11. The molecular formula is C18H22N2O. The SMILES string of the molecule is Cc1ccc(NCC(=O)Nc2ccc(C)c(C)c2)c(C)c1. The maximum absolute atomic E-state index is 12.0. The summed E-state index contributed by atoms with van der Waals surface area (Å²) in [6.07, 6.45) is 0. The van der Waals surface area contributed by atoms with Crippen molar-refractivity contribution in [2.24, 2.45) is 0 Å². The Morgan fingerprint density at radius 2 is 1.67 bits per heavy atom. The molecule has 2 rings (SSSR count). The molecule has 0 aliphatic rings. The van der Waals surface area contributed by atoms with Crippen LogP contribution in [-0.2, 0) is 4.79 Å². The van der Waals surface area contributed by atoms with E-state index in [1.165, 1.54) is 16.7 Å². The third kappa shape index (κ3) is 4.09. The van der Waals surface area contributed by atoms with Crippen LogP contribution in [-0.4, -0.2) is 12.5 Å². The molecule has 0 aliphatic carbocycles. The highest BCUT2D eigenvalue weighted by Gasteiger charge is 2.04. The van der Waals surface area contributed by atoms with Crippen molar-refractivity contribution in [2.45, 2.75) is 27.7 Å². The summed E-state index contributed by atoms with van der Waals surface area (Å²) < 4.78 is 0. The van der Waals surface area contributed by atoms with Crippen LogP contribution in [0.15, 0.2) is 36.4 Å². The van der Waals surface area contributed by atoms with E-state index in [0.29, 0.717) is 0 Å². The van der Waals surface area contributed by atoms with E-state index in [2.05, 4.69) is 30.5 Å². The molecule has 0 bridgehead atoms. The van der Waals surface area contributed by atoms with Gasteiger partial charge in [-0.3, -0.25) is 4.79 Å². The smallest absolute Gasteiger partial charge is 0.243 e. The van der Waals surface area contributed by atoms with Gasteiger partial charge < -0.3 is 10.6 Å². The molecule has 1 amide bonds. The van der Waals surface area contributed by atoms with Crippen molar-refractivity contribution >= 4 is 17.3 Å². The Labute approximate surface area is 126 Å². The molecule has 21 heavy (non-hydrogen) atoms. The van der Waals surface area contributed by atoms with E-state index in [1.54, 1.807) is 0 Å². The summed E-state index contributed by atoms with van der Waals surface area (Å²) in [6.45, 7) is 8.46. The third-order valence-electron chi connectivity index (χ3n) is 3.61.